The SMILES string of the molecule is CCc1cc(NCCN(C)C)n2nc(C)c(-c3ccc(C)cc3)c2n1. The number of hydrogen-bond donors (Lipinski definition) is 1. The van der Waals surface area contributed by atoms with E-state index in [1.165, 1.54) is 5.56 Å². The normalized spacial score (nSPS) is 11.4. The highest BCUT2D eigenvalue weighted by Gasteiger charge is 2.16. The number of benzene rings is 1. The van der Waals surface area contributed by atoms with Crippen molar-refractivity contribution in [3.05, 3.63) is 47.3 Å². The highest BCUT2D eigenvalue weighted by molar-refractivity contribution is 5.81. The molecule has 3 aromatic rings. The number of fused-ring (bicyclic) bond motifs is 1. The molecule has 2 aromatic heterocycles. The van der Waals surface area contributed by atoms with E-state index in [1.54, 1.807) is 0 Å². The molecule has 132 valence electrons. The van der Waals surface area contributed by atoms with E-state index in [0.717, 1.165) is 53.5 Å². The summed E-state index contributed by atoms with van der Waals surface area (Å²) < 4.78 is 1.94. The zero-order valence-corrected chi connectivity index (χ0v) is 15.8. The highest BCUT2D eigenvalue weighted by Crippen LogP contribution is 2.29. The number of rotatable bonds is 6. The van der Waals surface area contributed by atoms with Gasteiger partial charge < -0.3 is 10.2 Å². The molecule has 0 bridgehead atoms. The van der Waals surface area contributed by atoms with E-state index in [2.05, 4.69) is 75.4 Å². The minimum Gasteiger partial charge on any atom is -0.369 e. The van der Waals surface area contributed by atoms with Crippen LogP contribution in [0.2, 0.25) is 0 Å². The molecule has 5 nitrogen and oxygen atoms in total. The molecule has 0 unspecified atom stereocenters. The van der Waals surface area contributed by atoms with Gasteiger partial charge in [0.25, 0.3) is 0 Å². The number of likely N-dealkylation sites (N-methyl/N-ethyl adjacent to an activating group) is 1. The molecule has 0 amide bonds. The van der Waals surface area contributed by atoms with Crippen molar-refractivity contribution in [1.82, 2.24) is 19.5 Å². The summed E-state index contributed by atoms with van der Waals surface area (Å²) >= 11 is 0. The van der Waals surface area contributed by atoms with Crippen molar-refractivity contribution in [1.29, 1.82) is 0 Å². The van der Waals surface area contributed by atoms with E-state index in [1.807, 2.05) is 4.52 Å². The smallest absolute Gasteiger partial charge is 0.165 e. The van der Waals surface area contributed by atoms with Crippen LogP contribution in [-0.4, -0.2) is 46.7 Å². The van der Waals surface area contributed by atoms with E-state index in [0.29, 0.717) is 0 Å². The summed E-state index contributed by atoms with van der Waals surface area (Å²) in [5.41, 5.74) is 6.54. The average molecular weight is 337 g/mol. The summed E-state index contributed by atoms with van der Waals surface area (Å²) in [6.07, 6.45) is 0.899. The van der Waals surface area contributed by atoms with Crippen molar-refractivity contribution in [2.24, 2.45) is 0 Å². The quantitative estimate of drug-likeness (QED) is 0.747. The predicted molar refractivity (Wildman–Crippen MR) is 104 cm³/mol. The van der Waals surface area contributed by atoms with Crippen LogP contribution < -0.4 is 5.32 Å². The van der Waals surface area contributed by atoms with Gasteiger partial charge in [0.2, 0.25) is 0 Å². The number of hydrogen-bond acceptors (Lipinski definition) is 4. The molecule has 0 saturated heterocycles. The van der Waals surface area contributed by atoms with Crippen LogP contribution in [0.4, 0.5) is 5.82 Å². The largest absolute Gasteiger partial charge is 0.369 e. The van der Waals surface area contributed by atoms with Gasteiger partial charge in [0.15, 0.2) is 5.65 Å². The van der Waals surface area contributed by atoms with Crippen LogP contribution in [0, 0.1) is 13.8 Å². The third-order valence-corrected chi connectivity index (χ3v) is 4.38. The minimum atomic E-state index is 0.869. The first-order valence-electron chi connectivity index (χ1n) is 8.84. The van der Waals surface area contributed by atoms with Gasteiger partial charge in [0, 0.05) is 30.4 Å². The van der Waals surface area contributed by atoms with E-state index in [9.17, 15) is 0 Å². The molecule has 5 heteroatoms. The van der Waals surface area contributed by atoms with Crippen molar-refractivity contribution in [3.63, 3.8) is 0 Å². The maximum atomic E-state index is 4.87. The Morgan fingerprint density at radius 3 is 2.48 bits per heavy atom. The lowest BCUT2D eigenvalue weighted by molar-refractivity contribution is 0.425. The fourth-order valence-corrected chi connectivity index (χ4v) is 2.95. The first kappa shape index (κ1) is 17.4. The van der Waals surface area contributed by atoms with Crippen LogP contribution in [-0.2, 0) is 6.42 Å². The second-order valence-corrected chi connectivity index (χ2v) is 6.78. The molecule has 0 saturated carbocycles. The summed E-state index contributed by atoms with van der Waals surface area (Å²) in [5.74, 6) is 1.00. The van der Waals surface area contributed by atoms with Crippen LogP contribution in [0.3, 0.4) is 0 Å². The molecular weight excluding hydrogens is 310 g/mol. The second-order valence-electron chi connectivity index (χ2n) is 6.78. The molecule has 0 aliphatic rings. The van der Waals surface area contributed by atoms with Gasteiger partial charge in [-0.15, -0.1) is 0 Å². The van der Waals surface area contributed by atoms with Gasteiger partial charge in [-0.25, -0.2) is 4.98 Å². The predicted octanol–water partition coefficient (Wildman–Crippen LogP) is 3.55. The number of anilines is 1. The first-order valence-corrected chi connectivity index (χ1v) is 8.84. The third-order valence-electron chi connectivity index (χ3n) is 4.38. The Balaban J connectivity index is 2.10. The molecule has 1 aromatic carbocycles. The Hall–Kier alpha value is -2.40. The Labute approximate surface area is 149 Å². The number of nitrogens with one attached hydrogen (secondary N) is 1. The summed E-state index contributed by atoms with van der Waals surface area (Å²) in [4.78, 5) is 7.03. The van der Waals surface area contributed by atoms with E-state index >= 15 is 0 Å². The minimum absolute atomic E-state index is 0.869. The topological polar surface area (TPSA) is 45.5 Å². The van der Waals surface area contributed by atoms with Crippen molar-refractivity contribution in [3.8, 4) is 11.1 Å². The molecule has 3 rings (SSSR count). The van der Waals surface area contributed by atoms with Gasteiger partial charge in [-0.3, -0.25) is 0 Å². The van der Waals surface area contributed by atoms with E-state index in [4.69, 9.17) is 10.1 Å². The Bertz CT molecular complexity index is 862. The van der Waals surface area contributed by atoms with Crippen molar-refractivity contribution >= 4 is 11.5 Å². The molecule has 0 fully saturated rings. The molecule has 0 aliphatic carbocycles. The van der Waals surface area contributed by atoms with Gasteiger partial charge in [0.1, 0.15) is 5.82 Å². The molecule has 0 spiro atoms. The highest BCUT2D eigenvalue weighted by atomic mass is 15.3. The maximum Gasteiger partial charge on any atom is 0.165 e. The van der Waals surface area contributed by atoms with Crippen LogP contribution >= 0.6 is 0 Å². The Morgan fingerprint density at radius 1 is 1.12 bits per heavy atom. The van der Waals surface area contributed by atoms with Gasteiger partial charge in [0.05, 0.1) is 5.69 Å². The Morgan fingerprint density at radius 2 is 1.84 bits per heavy atom. The fraction of sp³-hybridized carbons (Fsp3) is 0.400. The average Bonchev–Trinajstić information content (AvgIpc) is 2.91. The van der Waals surface area contributed by atoms with Crippen LogP contribution in [0.25, 0.3) is 16.8 Å². The van der Waals surface area contributed by atoms with Crippen LogP contribution in [0.5, 0.6) is 0 Å². The molecule has 25 heavy (non-hydrogen) atoms. The lowest BCUT2D eigenvalue weighted by Crippen LogP contribution is -2.22. The van der Waals surface area contributed by atoms with Crippen LogP contribution in [0.1, 0.15) is 23.9 Å². The van der Waals surface area contributed by atoms with Gasteiger partial charge in [-0.2, -0.15) is 9.61 Å². The Kier molecular flexibility index (Phi) is 5.04. The van der Waals surface area contributed by atoms with E-state index in [-0.39, 0.29) is 0 Å². The lowest BCUT2D eigenvalue weighted by Gasteiger charge is -2.13. The monoisotopic (exact) mass is 337 g/mol. The standard InChI is InChI=1S/C20H27N5/c1-6-17-13-18(21-11-12-24(4)5)25-20(22-17)19(15(3)23-25)16-9-7-14(2)8-10-16/h7-10,13,21H,6,11-12H2,1-5H3. The fourth-order valence-electron chi connectivity index (χ4n) is 2.95. The second kappa shape index (κ2) is 7.23. The van der Waals surface area contributed by atoms with E-state index < -0.39 is 0 Å². The van der Waals surface area contributed by atoms with Crippen molar-refractivity contribution in [2.45, 2.75) is 27.2 Å². The zero-order valence-electron chi connectivity index (χ0n) is 15.8. The zero-order chi connectivity index (χ0) is 18.0. The van der Waals surface area contributed by atoms with Crippen LogP contribution in [0.15, 0.2) is 30.3 Å². The molecule has 0 radical (unpaired) electrons. The number of aromatic nitrogens is 3. The van der Waals surface area contributed by atoms with Crippen molar-refractivity contribution in [2.75, 3.05) is 32.5 Å². The summed E-state index contributed by atoms with van der Waals surface area (Å²) in [5, 5.41) is 8.28. The molecule has 1 N–H and O–H groups in total. The van der Waals surface area contributed by atoms with Gasteiger partial charge >= 0.3 is 0 Å². The van der Waals surface area contributed by atoms with Gasteiger partial charge in [-0.05, 0) is 39.9 Å². The third kappa shape index (κ3) is 3.66. The van der Waals surface area contributed by atoms with Crippen molar-refractivity contribution < 1.29 is 0 Å². The lowest BCUT2D eigenvalue weighted by atomic mass is 10.0. The number of nitrogens with zero attached hydrogens (tertiary/aromatic N) is 4. The van der Waals surface area contributed by atoms with Gasteiger partial charge in [-0.1, -0.05) is 36.8 Å². The molecule has 2 heterocycles. The number of aryl methyl sites for hydroxylation is 3. The molecule has 0 atom stereocenters. The molecular formula is C20H27N5. The summed E-state index contributed by atoms with van der Waals surface area (Å²) in [6, 6.07) is 10.7. The first-order chi connectivity index (χ1) is 12.0. The maximum absolute atomic E-state index is 4.87. The molecule has 0 aliphatic heterocycles. The summed E-state index contributed by atoms with van der Waals surface area (Å²) in [7, 11) is 4.16. The summed E-state index contributed by atoms with van der Waals surface area (Å²) in [6.45, 7) is 8.13.